The summed E-state index contributed by atoms with van der Waals surface area (Å²) in [6.45, 7) is 9.50. The molecule has 0 bridgehead atoms. The number of rotatable bonds is 5. The van der Waals surface area contributed by atoms with Crippen LogP contribution in [0.1, 0.15) is 72.2 Å². The van der Waals surface area contributed by atoms with Gasteiger partial charge < -0.3 is 9.47 Å². The highest BCUT2D eigenvalue weighted by Crippen LogP contribution is 2.63. The molecule has 0 aliphatic heterocycles. The molecule has 0 saturated carbocycles. The molecule has 0 fully saturated rings. The predicted molar refractivity (Wildman–Crippen MR) is 312 cm³/mol. The van der Waals surface area contributed by atoms with Gasteiger partial charge in [-0.1, -0.05) is 210 Å². The number of para-hydroxylation sites is 1. The Morgan fingerprint density at radius 2 is 0.680 bits per heavy atom. The molecule has 1 aromatic heterocycles. The van der Waals surface area contributed by atoms with Gasteiger partial charge in [0, 0.05) is 44.4 Å². The first-order chi connectivity index (χ1) is 36.7. The fourth-order valence-electron chi connectivity index (χ4n) is 14.6. The Balaban J connectivity index is 0.840. The van der Waals surface area contributed by atoms with Crippen molar-refractivity contribution in [3.8, 4) is 61.3 Å². The van der Waals surface area contributed by atoms with E-state index in [1.54, 1.807) is 0 Å². The van der Waals surface area contributed by atoms with E-state index in [2.05, 4.69) is 280 Å². The first kappa shape index (κ1) is 42.5. The maximum Gasteiger partial charge on any atom is 0.0726 e. The summed E-state index contributed by atoms with van der Waals surface area (Å²) in [6, 6.07) is 91.9. The van der Waals surface area contributed by atoms with E-state index in [-0.39, 0.29) is 10.8 Å². The Kier molecular flexibility index (Phi) is 8.54. The lowest BCUT2D eigenvalue weighted by Crippen LogP contribution is -2.26. The number of benzene rings is 11. The zero-order valence-corrected chi connectivity index (χ0v) is 42.5. The topological polar surface area (TPSA) is 8.17 Å². The second-order valence-corrected chi connectivity index (χ2v) is 22.4. The minimum Gasteiger partial charge on any atom is -0.310 e. The second kappa shape index (κ2) is 15.1. The Labute approximate surface area is 438 Å². The molecule has 12 aromatic rings. The summed E-state index contributed by atoms with van der Waals surface area (Å²) in [5.74, 6) is 0. The Morgan fingerprint density at radius 1 is 0.280 bits per heavy atom. The smallest absolute Gasteiger partial charge is 0.0726 e. The summed E-state index contributed by atoms with van der Waals surface area (Å²) in [4.78, 5) is 2.48. The van der Waals surface area contributed by atoms with Crippen LogP contribution in [0.25, 0.3) is 83.1 Å². The van der Waals surface area contributed by atoms with Crippen molar-refractivity contribution in [2.24, 2.45) is 0 Å². The van der Waals surface area contributed by atoms with Crippen molar-refractivity contribution >= 4 is 38.9 Å². The van der Waals surface area contributed by atoms with Crippen LogP contribution in [-0.4, -0.2) is 4.57 Å². The molecule has 2 heteroatoms. The lowest BCUT2D eigenvalue weighted by atomic mass is 9.70. The van der Waals surface area contributed by atoms with Gasteiger partial charge in [-0.15, -0.1) is 0 Å². The van der Waals surface area contributed by atoms with E-state index in [0.717, 1.165) is 17.1 Å². The molecule has 4 aliphatic carbocycles. The van der Waals surface area contributed by atoms with Gasteiger partial charge in [0.05, 0.1) is 16.4 Å². The Hall–Kier alpha value is -8.98. The van der Waals surface area contributed by atoms with Crippen LogP contribution >= 0.6 is 0 Å². The van der Waals surface area contributed by atoms with E-state index < -0.39 is 5.41 Å². The predicted octanol–water partition coefficient (Wildman–Crippen LogP) is 18.9. The molecule has 2 nitrogen and oxygen atoms in total. The highest BCUT2D eigenvalue weighted by molar-refractivity contribution is 6.10. The van der Waals surface area contributed by atoms with Crippen LogP contribution in [-0.2, 0) is 16.2 Å². The van der Waals surface area contributed by atoms with Crippen LogP contribution in [0.4, 0.5) is 17.1 Å². The maximum absolute atomic E-state index is 2.51. The van der Waals surface area contributed by atoms with Crippen molar-refractivity contribution in [2.45, 2.75) is 43.9 Å². The third kappa shape index (κ3) is 5.59. The summed E-state index contributed by atoms with van der Waals surface area (Å²) in [6.07, 6.45) is 0. The van der Waals surface area contributed by atoms with Gasteiger partial charge in [0.25, 0.3) is 0 Å². The molecule has 4 aliphatic rings. The van der Waals surface area contributed by atoms with Gasteiger partial charge >= 0.3 is 0 Å². The lowest BCUT2D eigenvalue weighted by Gasteiger charge is -2.30. The zero-order chi connectivity index (χ0) is 50.0. The SMILES string of the molecule is CC1(C)c2ccccc2-c2ccc(N(c3ccc(-c4ccc5c6ccccc6n(-c6ccc7c(c6)C6(c8ccccc8-c8ccccc86)c6ccccc6-7)c5c4)cc3)c3ccc4c(c3)C(C)(C)c3ccccc3-4)cc21. The van der Waals surface area contributed by atoms with Gasteiger partial charge in [-0.05, 0) is 161 Å². The molecule has 16 rings (SSSR count). The maximum atomic E-state index is 2.51. The Morgan fingerprint density at radius 3 is 1.23 bits per heavy atom. The van der Waals surface area contributed by atoms with Gasteiger partial charge in [-0.3, -0.25) is 0 Å². The van der Waals surface area contributed by atoms with Crippen molar-refractivity contribution in [3.63, 3.8) is 0 Å². The minimum absolute atomic E-state index is 0.125. The highest BCUT2D eigenvalue weighted by atomic mass is 15.1. The van der Waals surface area contributed by atoms with E-state index in [0.29, 0.717) is 0 Å². The van der Waals surface area contributed by atoms with E-state index in [1.165, 1.54) is 128 Å². The van der Waals surface area contributed by atoms with Crippen LogP contribution in [0.15, 0.2) is 243 Å². The first-order valence-electron chi connectivity index (χ1n) is 26.6. The van der Waals surface area contributed by atoms with E-state index in [1.807, 2.05) is 0 Å². The third-order valence-electron chi connectivity index (χ3n) is 18.0. The van der Waals surface area contributed by atoms with Crippen molar-refractivity contribution < 1.29 is 0 Å². The van der Waals surface area contributed by atoms with Gasteiger partial charge in [-0.2, -0.15) is 0 Å². The molecule has 0 saturated heterocycles. The molecule has 0 radical (unpaired) electrons. The van der Waals surface area contributed by atoms with Gasteiger partial charge in [-0.25, -0.2) is 0 Å². The summed E-state index contributed by atoms with van der Waals surface area (Å²) in [5.41, 5.74) is 30.2. The molecular weight excluding hydrogens is 905 g/mol. The molecular formula is C73H52N2. The van der Waals surface area contributed by atoms with E-state index in [9.17, 15) is 0 Å². The quantitative estimate of drug-likeness (QED) is 0.167. The molecule has 0 atom stereocenters. The number of nitrogens with zero attached hydrogens (tertiary/aromatic N) is 2. The molecule has 0 N–H and O–H groups in total. The largest absolute Gasteiger partial charge is 0.310 e. The van der Waals surface area contributed by atoms with E-state index >= 15 is 0 Å². The molecule has 354 valence electrons. The minimum atomic E-state index is -0.420. The van der Waals surface area contributed by atoms with E-state index in [4.69, 9.17) is 0 Å². The van der Waals surface area contributed by atoms with Gasteiger partial charge in [0.1, 0.15) is 0 Å². The normalized spacial score (nSPS) is 15.0. The number of hydrogen-bond donors (Lipinski definition) is 0. The molecule has 11 aromatic carbocycles. The van der Waals surface area contributed by atoms with Gasteiger partial charge in [0.15, 0.2) is 0 Å². The fourth-order valence-corrected chi connectivity index (χ4v) is 14.6. The van der Waals surface area contributed by atoms with Crippen molar-refractivity contribution in [1.29, 1.82) is 0 Å². The molecule has 0 unspecified atom stereocenters. The summed E-state index contributed by atoms with van der Waals surface area (Å²) >= 11 is 0. The lowest BCUT2D eigenvalue weighted by molar-refractivity contribution is 0.660. The number of anilines is 3. The molecule has 0 amide bonds. The summed E-state index contributed by atoms with van der Waals surface area (Å²) in [7, 11) is 0. The van der Waals surface area contributed by atoms with Crippen LogP contribution in [0, 0.1) is 0 Å². The highest BCUT2D eigenvalue weighted by Gasteiger charge is 2.51. The average Bonchev–Trinajstić information content (AvgIpc) is 4.29. The van der Waals surface area contributed by atoms with Gasteiger partial charge in [0.2, 0.25) is 0 Å². The van der Waals surface area contributed by atoms with Crippen molar-refractivity contribution in [2.75, 3.05) is 4.90 Å². The van der Waals surface area contributed by atoms with Crippen LogP contribution in [0.5, 0.6) is 0 Å². The number of hydrogen-bond acceptors (Lipinski definition) is 1. The number of aromatic nitrogens is 1. The Bertz CT molecular complexity index is 4260. The zero-order valence-electron chi connectivity index (χ0n) is 42.5. The average molecular weight is 957 g/mol. The molecule has 1 spiro atoms. The summed E-state index contributed by atoms with van der Waals surface area (Å²) in [5, 5.41) is 2.50. The van der Waals surface area contributed by atoms with Crippen LogP contribution in [0.2, 0.25) is 0 Å². The van der Waals surface area contributed by atoms with Crippen molar-refractivity contribution in [3.05, 3.63) is 287 Å². The monoisotopic (exact) mass is 956 g/mol. The third-order valence-corrected chi connectivity index (χ3v) is 18.0. The molecule has 75 heavy (non-hydrogen) atoms. The van der Waals surface area contributed by atoms with Crippen LogP contribution in [0.3, 0.4) is 0 Å². The second-order valence-electron chi connectivity index (χ2n) is 22.4. The number of fused-ring (bicyclic) bond motifs is 19. The molecule has 1 heterocycles. The van der Waals surface area contributed by atoms with Crippen LogP contribution < -0.4 is 4.90 Å². The van der Waals surface area contributed by atoms with Crippen molar-refractivity contribution in [1.82, 2.24) is 4.57 Å². The summed E-state index contributed by atoms with van der Waals surface area (Å²) < 4.78 is 2.51. The fraction of sp³-hybridized carbons (Fsp3) is 0.0959. The first-order valence-corrected chi connectivity index (χ1v) is 26.6. The standard InChI is InChI=1S/C73H52N2/c1-71(2)61-23-11-5-17-51(61)56-38-34-48(42-66(56)71)74(49-35-39-57-52-18-6-12-24-62(52)72(3,4)67(57)43-49)47-32-29-45(30-33-47)46-31-37-60-59-22-10-16-28-69(59)75(70(60)41-46)50-36-40-58-55-21-9-15-27-65(55)73(68(58)44-50)63-25-13-7-19-53(63)54-20-8-14-26-64(54)73/h5-44H,1-4H3.